The molecule has 0 radical (unpaired) electrons. The third-order valence-corrected chi connectivity index (χ3v) is 6.02. The molecular formula is C16H28BF3N2O3S. The lowest BCUT2D eigenvalue weighted by molar-refractivity contribution is -0.141. The normalized spacial score (nSPS) is 20.6. The topological polar surface area (TPSA) is 45.5 Å². The van der Waals surface area contributed by atoms with E-state index in [1.807, 2.05) is 0 Å². The molecule has 0 unspecified atom stereocenters. The van der Waals surface area contributed by atoms with E-state index in [9.17, 15) is 13.2 Å². The summed E-state index contributed by atoms with van der Waals surface area (Å²) >= 11 is 0. The van der Waals surface area contributed by atoms with Crippen LogP contribution in [0.4, 0.5) is 13.2 Å². The molecule has 0 atom stereocenters. The van der Waals surface area contributed by atoms with Gasteiger partial charge in [0.25, 0.3) is 0 Å². The molecule has 1 aromatic heterocycles. The fraction of sp³-hybridized carbons (Fsp3) is 0.812. The first-order valence-corrected chi connectivity index (χ1v) is 11.4. The summed E-state index contributed by atoms with van der Waals surface area (Å²) in [4.78, 5) is 0. The fourth-order valence-corrected chi connectivity index (χ4v) is 2.95. The molecule has 5 nitrogen and oxygen atoms in total. The Hall–Kier alpha value is -0.705. The minimum atomic E-state index is -4.60. The van der Waals surface area contributed by atoms with Crippen molar-refractivity contribution in [2.24, 2.45) is 0 Å². The number of hydrogen-bond acceptors (Lipinski definition) is 4. The summed E-state index contributed by atoms with van der Waals surface area (Å²) in [6.45, 7) is 7.61. The number of halogens is 3. The standard InChI is InChI=1S/C16H28BF3N2O3S/c1-14(2)15(3,4)25-17(24-14)12-10-22(21-13(12)16(18,19)20)11-23-8-9-26(5,6)7/h10H,8-9,11H2,1-7H3. The zero-order chi connectivity index (χ0) is 20.0. The van der Waals surface area contributed by atoms with Gasteiger partial charge in [-0.15, -0.1) is 0 Å². The molecule has 150 valence electrons. The van der Waals surface area contributed by atoms with Crippen molar-refractivity contribution in [3.8, 4) is 0 Å². The predicted octanol–water partition coefficient (Wildman–Crippen LogP) is 2.87. The van der Waals surface area contributed by atoms with Gasteiger partial charge >= 0.3 is 13.3 Å². The zero-order valence-corrected chi connectivity index (χ0v) is 17.3. The van der Waals surface area contributed by atoms with Gasteiger partial charge in [0.1, 0.15) is 6.73 Å². The molecule has 0 saturated carbocycles. The molecule has 2 heterocycles. The van der Waals surface area contributed by atoms with Crippen LogP contribution in [0, 0.1) is 0 Å². The third kappa shape index (κ3) is 4.96. The van der Waals surface area contributed by atoms with Gasteiger partial charge in [0, 0.05) is 17.4 Å². The molecular weight excluding hydrogens is 368 g/mol. The van der Waals surface area contributed by atoms with Crippen LogP contribution < -0.4 is 5.46 Å². The van der Waals surface area contributed by atoms with Crippen molar-refractivity contribution in [3.05, 3.63) is 11.9 Å². The fourth-order valence-electron chi connectivity index (χ4n) is 2.33. The summed E-state index contributed by atoms with van der Waals surface area (Å²) in [6.07, 6.45) is 3.17. The first-order valence-electron chi connectivity index (χ1n) is 8.36. The Balaban J connectivity index is 2.17. The second-order valence-electron chi connectivity index (χ2n) is 8.39. The molecule has 1 aliphatic rings. The van der Waals surface area contributed by atoms with Gasteiger partial charge in [-0.2, -0.15) is 18.3 Å². The van der Waals surface area contributed by atoms with Gasteiger partial charge in [-0.3, -0.25) is 0 Å². The minimum absolute atomic E-state index is 0.0435. The molecule has 10 heteroatoms. The van der Waals surface area contributed by atoms with Crippen LogP contribution in [0.5, 0.6) is 0 Å². The summed E-state index contributed by atoms with van der Waals surface area (Å²) in [5.41, 5.74) is -2.58. The smallest absolute Gasteiger partial charge is 0.399 e. The molecule has 0 bridgehead atoms. The summed E-state index contributed by atoms with van der Waals surface area (Å²) in [6, 6.07) is 0. The van der Waals surface area contributed by atoms with Gasteiger partial charge < -0.3 is 14.0 Å². The van der Waals surface area contributed by atoms with Gasteiger partial charge in [-0.1, -0.05) is 0 Å². The second kappa shape index (κ2) is 7.03. The lowest BCUT2D eigenvalue weighted by atomic mass is 9.79. The monoisotopic (exact) mass is 396 g/mol. The highest BCUT2D eigenvalue weighted by Crippen LogP contribution is 2.38. The Morgan fingerprint density at radius 3 is 2.15 bits per heavy atom. The Kier molecular flexibility index (Phi) is 5.84. The SMILES string of the molecule is CC1(C)OB(c2cn(COCCS(C)(C)C)nc2C(F)(F)F)OC1(C)C. The molecule has 0 N–H and O–H groups in total. The first kappa shape index (κ1) is 21.6. The summed E-state index contributed by atoms with van der Waals surface area (Å²) in [5.74, 6) is 0.879. The Labute approximate surface area is 155 Å². The van der Waals surface area contributed by atoms with E-state index in [2.05, 4.69) is 23.9 Å². The number of rotatable bonds is 6. The van der Waals surface area contributed by atoms with Gasteiger partial charge in [-0.05, 0) is 46.5 Å². The number of nitrogens with zero attached hydrogens (tertiary/aromatic N) is 2. The number of aromatic nitrogens is 2. The molecule has 26 heavy (non-hydrogen) atoms. The molecule has 1 aliphatic heterocycles. The molecule has 2 rings (SSSR count). The highest BCUT2D eigenvalue weighted by atomic mass is 32.3. The van der Waals surface area contributed by atoms with Crippen molar-refractivity contribution in [2.45, 2.75) is 51.8 Å². The van der Waals surface area contributed by atoms with E-state index in [1.165, 1.54) is 6.20 Å². The van der Waals surface area contributed by atoms with Crippen molar-refractivity contribution in [1.82, 2.24) is 9.78 Å². The largest absolute Gasteiger partial charge is 0.498 e. The highest BCUT2D eigenvalue weighted by Gasteiger charge is 2.54. The van der Waals surface area contributed by atoms with E-state index in [0.29, 0.717) is 6.61 Å². The highest BCUT2D eigenvalue weighted by molar-refractivity contribution is 8.32. The molecule has 1 fully saturated rings. The number of ether oxygens (including phenoxy) is 1. The van der Waals surface area contributed by atoms with Crippen LogP contribution in [0.25, 0.3) is 0 Å². The van der Waals surface area contributed by atoms with Crippen LogP contribution in [0.15, 0.2) is 6.20 Å². The maximum atomic E-state index is 13.4. The van der Waals surface area contributed by atoms with Crippen molar-refractivity contribution < 1.29 is 27.2 Å². The van der Waals surface area contributed by atoms with Crippen molar-refractivity contribution in [2.75, 3.05) is 31.1 Å². The lowest BCUT2D eigenvalue weighted by Gasteiger charge is -2.32. The molecule has 1 saturated heterocycles. The van der Waals surface area contributed by atoms with Gasteiger partial charge in [0.2, 0.25) is 0 Å². The van der Waals surface area contributed by atoms with Crippen LogP contribution in [0.2, 0.25) is 0 Å². The Bertz CT molecular complexity index is 626. The zero-order valence-electron chi connectivity index (χ0n) is 16.4. The summed E-state index contributed by atoms with van der Waals surface area (Å²) < 4.78 is 58.4. The van der Waals surface area contributed by atoms with E-state index in [4.69, 9.17) is 14.0 Å². The first-order chi connectivity index (χ1) is 11.6. The average molecular weight is 396 g/mol. The molecule has 0 spiro atoms. The van der Waals surface area contributed by atoms with Crippen LogP contribution in [0.3, 0.4) is 0 Å². The maximum Gasteiger partial charge on any atom is 0.498 e. The van der Waals surface area contributed by atoms with E-state index in [-0.39, 0.29) is 12.2 Å². The minimum Gasteiger partial charge on any atom is -0.399 e. The van der Waals surface area contributed by atoms with E-state index >= 15 is 0 Å². The van der Waals surface area contributed by atoms with Gasteiger partial charge in [0.05, 0.1) is 17.8 Å². The molecule has 0 aliphatic carbocycles. The van der Waals surface area contributed by atoms with Gasteiger partial charge in [0.15, 0.2) is 5.69 Å². The predicted molar refractivity (Wildman–Crippen MR) is 99.1 cm³/mol. The third-order valence-electron chi connectivity index (χ3n) is 4.63. The van der Waals surface area contributed by atoms with E-state index < -0.39 is 40.2 Å². The maximum absolute atomic E-state index is 13.4. The molecule has 0 amide bonds. The Morgan fingerprint density at radius 2 is 1.69 bits per heavy atom. The quantitative estimate of drug-likeness (QED) is 0.548. The van der Waals surface area contributed by atoms with Gasteiger partial charge in [-0.25, -0.2) is 14.7 Å². The number of hydrogen-bond donors (Lipinski definition) is 0. The lowest BCUT2D eigenvalue weighted by Crippen LogP contribution is -2.41. The van der Waals surface area contributed by atoms with E-state index in [0.717, 1.165) is 10.4 Å². The molecule has 1 aromatic rings. The summed E-state index contributed by atoms with van der Waals surface area (Å²) in [7, 11) is -1.84. The van der Waals surface area contributed by atoms with Crippen LogP contribution in [-0.2, 0) is 27.0 Å². The van der Waals surface area contributed by atoms with Crippen molar-refractivity contribution in [3.63, 3.8) is 0 Å². The van der Waals surface area contributed by atoms with Crippen LogP contribution in [0.1, 0.15) is 33.4 Å². The van der Waals surface area contributed by atoms with Crippen molar-refractivity contribution >= 4 is 22.6 Å². The van der Waals surface area contributed by atoms with Crippen LogP contribution >= 0.6 is 10.0 Å². The average Bonchev–Trinajstić information content (AvgIpc) is 2.93. The molecule has 0 aromatic carbocycles. The van der Waals surface area contributed by atoms with Crippen molar-refractivity contribution in [1.29, 1.82) is 0 Å². The number of alkyl halides is 3. The second-order valence-corrected chi connectivity index (χ2v) is 13.0. The summed E-state index contributed by atoms with van der Waals surface area (Å²) in [5, 5.41) is 3.67. The van der Waals surface area contributed by atoms with E-state index in [1.54, 1.807) is 27.7 Å². The Morgan fingerprint density at radius 1 is 1.15 bits per heavy atom. The van der Waals surface area contributed by atoms with Crippen LogP contribution in [-0.4, -0.2) is 59.2 Å².